The van der Waals surface area contributed by atoms with Crippen LogP contribution in [0.15, 0.2) is 0 Å². The van der Waals surface area contributed by atoms with Gasteiger partial charge in [-0.05, 0) is 13.8 Å². The van der Waals surface area contributed by atoms with Crippen molar-refractivity contribution in [1.82, 2.24) is 0 Å². The molecule has 0 aromatic rings. The van der Waals surface area contributed by atoms with Crippen molar-refractivity contribution in [3.05, 3.63) is 0 Å². The van der Waals surface area contributed by atoms with E-state index < -0.39 is 0 Å². The normalized spacial score (nSPS) is 32.1. The Balaban J connectivity index is 2.23. The van der Waals surface area contributed by atoms with Crippen LogP contribution in [-0.4, -0.2) is 46.2 Å². The lowest BCUT2D eigenvalue weighted by atomic mass is 9.92. The van der Waals surface area contributed by atoms with Crippen LogP contribution in [-0.2, 0) is 18.8 Å². The van der Waals surface area contributed by atoms with E-state index >= 15 is 0 Å². The van der Waals surface area contributed by atoms with Crippen LogP contribution in [0, 0.1) is 0 Å². The first-order valence-corrected chi connectivity index (χ1v) is 5.00. The van der Waals surface area contributed by atoms with Gasteiger partial charge in [0.15, 0.2) is 0 Å². The highest BCUT2D eigenvalue weighted by Crippen LogP contribution is 2.22. The zero-order valence-corrected chi connectivity index (χ0v) is 9.36. The van der Waals surface area contributed by atoms with Crippen LogP contribution < -0.4 is 0 Å². The van der Waals surface area contributed by atoms with Gasteiger partial charge in [-0.1, -0.05) is 0 Å². The Morgan fingerprint density at radius 1 is 1.29 bits per heavy atom. The first kappa shape index (κ1) is 12.0. The molecule has 0 spiro atoms. The van der Waals surface area contributed by atoms with Gasteiger partial charge in [0, 0.05) is 20.6 Å². The number of ether oxygens (including phenoxy) is 2. The third-order valence-corrected chi connectivity index (χ3v) is 2.51. The molecule has 0 bridgehead atoms. The lowest BCUT2D eigenvalue weighted by Gasteiger charge is -2.16. The smallest absolute Gasteiger partial charge is 0.412 e. The van der Waals surface area contributed by atoms with E-state index in [9.17, 15) is 0 Å². The maximum absolute atomic E-state index is 5.65. The molecule has 1 aliphatic heterocycles. The molecule has 0 saturated carbocycles. The third-order valence-electron chi connectivity index (χ3n) is 2.51. The van der Waals surface area contributed by atoms with Gasteiger partial charge in [0.2, 0.25) is 0 Å². The molecule has 0 unspecified atom stereocenters. The first-order chi connectivity index (χ1) is 6.67. The van der Waals surface area contributed by atoms with E-state index in [4.69, 9.17) is 18.8 Å². The van der Waals surface area contributed by atoms with Crippen LogP contribution in [0.3, 0.4) is 0 Å². The van der Waals surface area contributed by atoms with Crippen LogP contribution in [0.5, 0.6) is 0 Å². The summed E-state index contributed by atoms with van der Waals surface area (Å²) in [6.45, 7) is 4.55. The van der Waals surface area contributed by atoms with E-state index in [-0.39, 0.29) is 19.3 Å². The van der Waals surface area contributed by atoms with Gasteiger partial charge in [-0.3, -0.25) is 0 Å². The number of hydrogen-bond acceptors (Lipinski definition) is 4. The molecule has 1 rings (SSSR count). The number of hydrogen-bond donors (Lipinski definition) is 0. The van der Waals surface area contributed by atoms with E-state index in [1.54, 1.807) is 14.2 Å². The molecule has 82 valence electrons. The fourth-order valence-corrected chi connectivity index (χ4v) is 1.67. The Bertz CT molecular complexity index is 163. The zero-order chi connectivity index (χ0) is 10.6. The second kappa shape index (κ2) is 5.71. The van der Waals surface area contributed by atoms with Crippen molar-refractivity contribution in [2.45, 2.75) is 38.6 Å². The molecule has 1 aliphatic rings. The van der Waals surface area contributed by atoms with Crippen molar-refractivity contribution >= 4 is 7.12 Å². The number of rotatable bonds is 5. The molecule has 1 fully saturated rings. The molecule has 4 nitrogen and oxygen atoms in total. The van der Waals surface area contributed by atoms with Gasteiger partial charge in [0.25, 0.3) is 0 Å². The Kier molecular flexibility index (Phi) is 4.88. The predicted molar refractivity (Wildman–Crippen MR) is 54.1 cm³/mol. The van der Waals surface area contributed by atoms with Crippen molar-refractivity contribution in [3.8, 4) is 0 Å². The maximum Gasteiger partial charge on any atom is 0.484 e. The molecule has 1 heterocycles. The molecule has 0 N–H and O–H groups in total. The van der Waals surface area contributed by atoms with Gasteiger partial charge in [-0.15, -0.1) is 0 Å². The Morgan fingerprint density at radius 2 is 1.93 bits per heavy atom. The van der Waals surface area contributed by atoms with Gasteiger partial charge < -0.3 is 18.8 Å². The SMILES string of the molecule is COB(CO[C@@H]1C[C@H](C)O[C@@H]1C)OC. The fraction of sp³-hybridized carbons (Fsp3) is 1.00. The summed E-state index contributed by atoms with van der Waals surface area (Å²) in [5.74, 6) is 0. The predicted octanol–water partition coefficient (Wildman–Crippen LogP) is 0.889. The zero-order valence-electron chi connectivity index (χ0n) is 9.36. The highest BCUT2D eigenvalue weighted by atomic mass is 16.6. The summed E-state index contributed by atoms with van der Waals surface area (Å²) < 4.78 is 21.3. The molecule has 0 radical (unpaired) electrons. The third kappa shape index (κ3) is 3.24. The summed E-state index contributed by atoms with van der Waals surface area (Å²) in [6, 6.07) is 0. The van der Waals surface area contributed by atoms with Crippen molar-refractivity contribution < 1.29 is 18.8 Å². The lowest BCUT2D eigenvalue weighted by Crippen LogP contribution is -2.31. The summed E-state index contributed by atoms with van der Waals surface area (Å²) in [7, 11) is 2.93. The monoisotopic (exact) mass is 202 g/mol. The van der Waals surface area contributed by atoms with Gasteiger partial charge in [0.05, 0.1) is 24.8 Å². The Labute approximate surface area is 86.0 Å². The van der Waals surface area contributed by atoms with E-state index in [0.717, 1.165) is 6.42 Å². The molecule has 1 saturated heterocycles. The minimum atomic E-state index is -0.280. The lowest BCUT2D eigenvalue weighted by molar-refractivity contribution is -0.00234. The summed E-state index contributed by atoms with van der Waals surface area (Å²) in [4.78, 5) is 0. The Hall–Kier alpha value is -0.0951. The fourth-order valence-electron chi connectivity index (χ4n) is 1.67. The minimum Gasteiger partial charge on any atom is -0.412 e. The molecule has 14 heavy (non-hydrogen) atoms. The molecular weight excluding hydrogens is 183 g/mol. The highest BCUT2D eigenvalue weighted by Gasteiger charge is 2.31. The van der Waals surface area contributed by atoms with E-state index in [1.807, 2.05) is 6.92 Å². The van der Waals surface area contributed by atoms with Gasteiger partial charge in [0.1, 0.15) is 0 Å². The van der Waals surface area contributed by atoms with E-state index in [1.165, 1.54) is 0 Å². The standard InChI is InChI=1S/C9H19BO4/c1-7-5-9(8(2)14-7)13-6-10(11-3)12-4/h7-9H,5-6H2,1-4H3/t7-,8+,9+/m0/s1. The average molecular weight is 202 g/mol. The van der Waals surface area contributed by atoms with E-state index in [2.05, 4.69) is 6.92 Å². The van der Waals surface area contributed by atoms with Crippen molar-refractivity contribution in [2.24, 2.45) is 0 Å². The summed E-state index contributed by atoms with van der Waals surface area (Å²) in [5.41, 5.74) is 0. The molecule has 0 aromatic carbocycles. The molecule has 3 atom stereocenters. The van der Waals surface area contributed by atoms with Crippen molar-refractivity contribution in [1.29, 1.82) is 0 Å². The summed E-state index contributed by atoms with van der Waals surface area (Å²) in [5, 5.41) is 0. The topological polar surface area (TPSA) is 36.9 Å². The molecule has 0 aliphatic carbocycles. The van der Waals surface area contributed by atoms with Crippen molar-refractivity contribution in [2.75, 3.05) is 20.7 Å². The summed E-state index contributed by atoms with van der Waals surface area (Å²) in [6.07, 6.45) is 1.57. The Morgan fingerprint density at radius 3 is 2.36 bits per heavy atom. The van der Waals surface area contributed by atoms with Crippen molar-refractivity contribution in [3.63, 3.8) is 0 Å². The van der Waals surface area contributed by atoms with Crippen LogP contribution in [0.4, 0.5) is 0 Å². The van der Waals surface area contributed by atoms with Crippen LogP contribution in [0.1, 0.15) is 20.3 Å². The molecule has 0 amide bonds. The van der Waals surface area contributed by atoms with Crippen LogP contribution >= 0.6 is 0 Å². The summed E-state index contributed by atoms with van der Waals surface area (Å²) >= 11 is 0. The van der Waals surface area contributed by atoms with E-state index in [0.29, 0.717) is 12.6 Å². The largest absolute Gasteiger partial charge is 0.484 e. The molecule has 5 heteroatoms. The maximum atomic E-state index is 5.65. The molecular formula is C9H19BO4. The van der Waals surface area contributed by atoms with Crippen LogP contribution in [0.2, 0.25) is 0 Å². The first-order valence-electron chi connectivity index (χ1n) is 5.00. The quantitative estimate of drug-likeness (QED) is 0.620. The molecule has 0 aromatic heterocycles. The minimum absolute atomic E-state index is 0.165. The second-order valence-electron chi connectivity index (χ2n) is 3.66. The van der Waals surface area contributed by atoms with Gasteiger partial charge in [-0.2, -0.15) is 0 Å². The van der Waals surface area contributed by atoms with Gasteiger partial charge in [-0.25, -0.2) is 0 Å². The average Bonchev–Trinajstić information content (AvgIpc) is 2.47. The van der Waals surface area contributed by atoms with Gasteiger partial charge >= 0.3 is 7.12 Å². The highest BCUT2D eigenvalue weighted by molar-refractivity contribution is 6.44. The van der Waals surface area contributed by atoms with Crippen LogP contribution in [0.25, 0.3) is 0 Å². The second-order valence-corrected chi connectivity index (χ2v) is 3.66.